The normalized spacial score (nSPS) is 14.7. The maximum Gasteiger partial charge on any atom is 0.410 e. The summed E-state index contributed by atoms with van der Waals surface area (Å²) in [5.41, 5.74) is 4.95. The summed E-state index contributed by atoms with van der Waals surface area (Å²) in [5.74, 6) is -0.333. The first kappa shape index (κ1) is 21.9. The molecule has 0 saturated carbocycles. The second-order valence-corrected chi connectivity index (χ2v) is 8.17. The largest absolute Gasteiger partial charge is 0.465 e. The van der Waals surface area contributed by atoms with Gasteiger partial charge >= 0.3 is 12.1 Å². The molecule has 0 aromatic heterocycles. The van der Waals surface area contributed by atoms with E-state index in [2.05, 4.69) is 17.1 Å². The molecular formula is C21H33N3O4. The molecule has 0 aliphatic carbocycles. The summed E-state index contributed by atoms with van der Waals surface area (Å²) in [6.45, 7) is 14.1. The van der Waals surface area contributed by atoms with Gasteiger partial charge in [-0.1, -0.05) is 0 Å². The molecule has 1 saturated heterocycles. The number of hydrogen-bond donors (Lipinski definition) is 1. The van der Waals surface area contributed by atoms with E-state index in [0.29, 0.717) is 31.7 Å². The molecule has 0 bridgehead atoms. The van der Waals surface area contributed by atoms with E-state index in [1.807, 2.05) is 41.7 Å². The fourth-order valence-electron chi connectivity index (χ4n) is 3.90. The lowest BCUT2D eigenvalue weighted by atomic mass is 9.93. The minimum atomic E-state index is -0.505. The van der Waals surface area contributed by atoms with Crippen LogP contribution in [-0.2, 0) is 9.47 Å². The number of methoxy groups -OCH3 is 1. The van der Waals surface area contributed by atoms with Crippen molar-refractivity contribution < 1.29 is 19.1 Å². The molecule has 0 unspecified atom stereocenters. The lowest BCUT2D eigenvalue weighted by Crippen LogP contribution is -2.50. The third-order valence-corrected chi connectivity index (χ3v) is 5.10. The van der Waals surface area contributed by atoms with Crippen LogP contribution < -0.4 is 10.2 Å². The first-order chi connectivity index (χ1) is 13.0. The molecule has 1 aliphatic rings. The minimum absolute atomic E-state index is 0.282. The van der Waals surface area contributed by atoms with Gasteiger partial charge in [0.25, 0.3) is 0 Å². The summed E-state index contributed by atoms with van der Waals surface area (Å²) in [5, 5.41) is 3.22. The maximum atomic E-state index is 12.4. The number of nitrogens with zero attached hydrogens (tertiary/aromatic N) is 2. The molecule has 28 heavy (non-hydrogen) atoms. The highest BCUT2D eigenvalue weighted by molar-refractivity contribution is 5.98. The van der Waals surface area contributed by atoms with Crippen LogP contribution in [0.4, 0.5) is 16.2 Å². The number of piperazine rings is 1. The fraction of sp³-hybridized carbons (Fsp3) is 0.619. The summed E-state index contributed by atoms with van der Waals surface area (Å²) in [7, 11) is 3.26. The zero-order valence-electron chi connectivity index (χ0n) is 18.4. The lowest BCUT2D eigenvalue weighted by molar-refractivity contribution is 0.0240. The van der Waals surface area contributed by atoms with Gasteiger partial charge in [-0.15, -0.1) is 0 Å². The smallest absolute Gasteiger partial charge is 0.410 e. The number of benzene rings is 1. The lowest BCUT2D eigenvalue weighted by Gasteiger charge is -2.38. The molecule has 2 rings (SSSR count). The van der Waals surface area contributed by atoms with Gasteiger partial charge < -0.3 is 24.6 Å². The Labute approximate surface area is 168 Å². The van der Waals surface area contributed by atoms with Crippen molar-refractivity contribution in [1.29, 1.82) is 0 Å². The van der Waals surface area contributed by atoms with Gasteiger partial charge in [-0.05, 0) is 58.2 Å². The second-order valence-electron chi connectivity index (χ2n) is 8.17. The van der Waals surface area contributed by atoms with E-state index >= 15 is 0 Å². The van der Waals surface area contributed by atoms with Crippen LogP contribution in [0.15, 0.2) is 0 Å². The Morgan fingerprint density at radius 2 is 1.54 bits per heavy atom. The third-order valence-electron chi connectivity index (χ3n) is 5.10. The van der Waals surface area contributed by atoms with Crippen LogP contribution in [0.5, 0.6) is 0 Å². The van der Waals surface area contributed by atoms with Crippen molar-refractivity contribution in [2.75, 3.05) is 50.6 Å². The Morgan fingerprint density at radius 1 is 0.964 bits per heavy atom. The average Bonchev–Trinajstić information content (AvgIpc) is 2.61. The number of amides is 1. The predicted octanol–water partition coefficient (Wildman–Crippen LogP) is 3.50. The topological polar surface area (TPSA) is 71.1 Å². The Morgan fingerprint density at radius 3 is 2.00 bits per heavy atom. The van der Waals surface area contributed by atoms with E-state index in [0.717, 1.165) is 28.1 Å². The molecule has 0 spiro atoms. The van der Waals surface area contributed by atoms with E-state index in [1.54, 1.807) is 4.90 Å². The highest BCUT2D eigenvalue weighted by atomic mass is 16.6. The zero-order valence-corrected chi connectivity index (χ0v) is 18.4. The molecule has 1 amide bonds. The van der Waals surface area contributed by atoms with Crippen LogP contribution in [0.1, 0.15) is 47.8 Å². The predicted molar refractivity (Wildman–Crippen MR) is 112 cm³/mol. The number of ether oxygens (including phenoxy) is 2. The molecule has 1 aromatic carbocycles. The summed E-state index contributed by atoms with van der Waals surface area (Å²) >= 11 is 0. The second kappa shape index (κ2) is 8.29. The third kappa shape index (κ3) is 4.34. The standard InChI is InChI=1S/C21H33N3O4/c1-13-16(19(25)27-8)14(2)18(15(3)17(13)22-7)23-9-11-24(12-10-23)20(26)28-21(4,5)6/h22H,9-12H2,1-8H3. The summed E-state index contributed by atoms with van der Waals surface area (Å²) in [6.07, 6.45) is -0.282. The van der Waals surface area contributed by atoms with Crippen LogP contribution in [0.25, 0.3) is 0 Å². The van der Waals surface area contributed by atoms with Gasteiger partial charge in [-0.3, -0.25) is 0 Å². The first-order valence-corrected chi connectivity index (χ1v) is 9.64. The zero-order chi connectivity index (χ0) is 21.2. The van der Waals surface area contributed by atoms with E-state index in [4.69, 9.17) is 9.47 Å². The maximum absolute atomic E-state index is 12.4. The molecule has 0 atom stereocenters. The minimum Gasteiger partial charge on any atom is -0.465 e. The van der Waals surface area contributed by atoms with Crippen LogP contribution in [0.2, 0.25) is 0 Å². The number of esters is 1. The van der Waals surface area contributed by atoms with Crippen LogP contribution in [0.3, 0.4) is 0 Å². The Balaban J connectivity index is 2.32. The van der Waals surface area contributed by atoms with Crippen LogP contribution in [0, 0.1) is 20.8 Å². The molecule has 1 heterocycles. The highest BCUT2D eigenvalue weighted by Gasteiger charge is 2.29. The molecule has 1 aliphatic heterocycles. The molecule has 1 fully saturated rings. The quantitative estimate of drug-likeness (QED) is 0.795. The number of rotatable bonds is 3. The molecule has 7 heteroatoms. The number of carbonyl (C=O) groups is 2. The van der Waals surface area contributed by atoms with Gasteiger partial charge in [0.15, 0.2) is 0 Å². The summed E-state index contributed by atoms with van der Waals surface area (Å²) < 4.78 is 10.5. The molecule has 0 radical (unpaired) electrons. The van der Waals surface area contributed by atoms with Gasteiger partial charge in [0.1, 0.15) is 5.60 Å². The number of carbonyl (C=O) groups excluding carboxylic acids is 2. The molecule has 1 aromatic rings. The van der Waals surface area contributed by atoms with E-state index < -0.39 is 5.60 Å². The molecule has 7 nitrogen and oxygen atoms in total. The number of nitrogens with one attached hydrogen (secondary N) is 1. The fourth-order valence-corrected chi connectivity index (χ4v) is 3.90. The van der Waals surface area contributed by atoms with Gasteiger partial charge in [0.05, 0.1) is 12.7 Å². The summed E-state index contributed by atoms with van der Waals surface area (Å²) in [4.78, 5) is 28.7. The van der Waals surface area contributed by atoms with Gasteiger partial charge in [-0.2, -0.15) is 0 Å². The highest BCUT2D eigenvalue weighted by Crippen LogP contribution is 2.37. The summed E-state index contributed by atoms with van der Waals surface area (Å²) in [6, 6.07) is 0. The van der Waals surface area contributed by atoms with Crippen molar-refractivity contribution in [3.05, 3.63) is 22.3 Å². The monoisotopic (exact) mass is 391 g/mol. The number of anilines is 2. The molecular weight excluding hydrogens is 358 g/mol. The Kier molecular flexibility index (Phi) is 6.47. The average molecular weight is 392 g/mol. The first-order valence-electron chi connectivity index (χ1n) is 9.64. The molecule has 1 N–H and O–H groups in total. The van der Waals surface area contributed by atoms with Gasteiger partial charge in [-0.25, -0.2) is 9.59 Å². The Hall–Kier alpha value is -2.44. The van der Waals surface area contributed by atoms with E-state index in [-0.39, 0.29) is 12.1 Å². The van der Waals surface area contributed by atoms with Crippen molar-refractivity contribution >= 4 is 23.4 Å². The van der Waals surface area contributed by atoms with E-state index in [1.165, 1.54) is 7.11 Å². The van der Waals surface area contributed by atoms with E-state index in [9.17, 15) is 9.59 Å². The Bertz CT molecular complexity index is 760. The van der Waals surface area contributed by atoms with Crippen molar-refractivity contribution in [2.45, 2.75) is 47.1 Å². The van der Waals surface area contributed by atoms with Crippen LogP contribution in [-0.4, -0.2) is 62.9 Å². The van der Waals surface area contributed by atoms with Crippen molar-refractivity contribution in [1.82, 2.24) is 4.90 Å². The van der Waals surface area contributed by atoms with Crippen molar-refractivity contribution in [3.63, 3.8) is 0 Å². The molecule has 156 valence electrons. The van der Waals surface area contributed by atoms with Crippen molar-refractivity contribution in [3.8, 4) is 0 Å². The van der Waals surface area contributed by atoms with Gasteiger partial charge in [0, 0.05) is 44.6 Å². The number of hydrogen-bond acceptors (Lipinski definition) is 6. The SMILES string of the molecule is CNc1c(C)c(C(=O)OC)c(C)c(N2CCN(C(=O)OC(C)(C)C)CC2)c1C. The van der Waals surface area contributed by atoms with Crippen LogP contribution >= 0.6 is 0 Å². The van der Waals surface area contributed by atoms with Gasteiger partial charge in [0.2, 0.25) is 0 Å². The van der Waals surface area contributed by atoms with Crippen molar-refractivity contribution in [2.24, 2.45) is 0 Å².